The summed E-state index contributed by atoms with van der Waals surface area (Å²) in [6, 6.07) is 7.83. The van der Waals surface area contributed by atoms with Crippen LogP contribution in [-0.4, -0.2) is 29.6 Å². The Labute approximate surface area is 171 Å². The highest BCUT2D eigenvalue weighted by Crippen LogP contribution is 2.53. The minimum absolute atomic E-state index is 0.0865. The third kappa shape index (κ3) is 4.55. The first-order valence-electron chi connectivity index (χ1n) is 10.3. The van der Waals surface area contributed by atoms with Crippen molar-refractivity contribution in [2.75, 3.05) is 13.1 Å². The summed E-state index contributed by atoms with van der Waals surface area (Å²) in [6.45, 7) is 10.3. The van der Waals surface area contributed by atoms with Gasteiger partial charge in [0, 0.05) is 25.6 Å². The Bertz CT molecular complexity index is 744. The van der Waals surface area contributed by atoms with E-state index in [1.54, 1.807) is 0 Å². The van der Waals surface area contributed by atoms with Gasteiger partial charge in [-0.2, -0.15) is 18.4 Å². The number of halogens is 3. The number of hydrogen-bond acceptors (Lipinski definition) is 3. The first kappa shape index (κ1) is 22.0. The second kappa shape index (κ2) is 7.50. The van der Waals surface area contributed by atoms with E-state index in [1.807, 2.05) is 6.92 Å². The highest BCUT2D eigenvalue weighted by atomic mass is 19.4. The summed E-state index contributed by atoms with van der Waals surface area (Å²) >= 11 is 0. The Hall–Kier alpha value is -1.74. The maximum absolute atomic E-state index is 12.7. The molecule has 0 aromatic heterocycles. The van der Waals surface area contributed by atoms with Crippen molar-refractivity contribution in [1.29, 1.82) is 5.26 Å². The van der Waals surface area contributed by atoms with Crippen LogP contribution in [0.5, 0.6) is 5.75 Å². The molecule has 0 spiro atoms. The van der Waals surface area contributed by atoms with Gasteiger partial charge in [-0.15, -0.1) is 0 Å². The molecular formula is C23H31F3N2O. The Kier molecular flexibility index (Phi) is 5.68. The highest BCUT2D eigenvalue weighted by molar-refractivity contribution is 5.30. The van der Waals surface area contributed by atoms with Crippen LogP contribution >= 0.6 is 0 Å². The van der Waals surface area contributed by atoms with E-state index in [-0.39, 0.29) is 16.4 Å². The van der Waals surface area contributed by atoms with E-state index in [0.717, 1.165) is 50.9 Å². The van der Waals surface area contributed by atoms with E-state index >= 15 is 0 Å². The molecule has 6 heteroatoms. The lowest BCUT2D eigenvalue weighted by Crippen LogP contribution is -2.66. The molecule has 0 unspecified atom stereocenters. The minimum atomic E-state index is -4.33. The van der Waals surface area contributed by atoms with E-state index in [4.69, 9.17) is 4.74 Å². The molecule has 1 aliphatic carbocycles. The standard InChI is InChI=1S/C23H31F3N2O/c1-20(2,3)22(13-14-27)11-9-18(10-12-22)28-15-21(4,16-28)29-19-7-5-17(6-8-19)23(24,25)26/h5-8,18H,9-13,15-16H2,1-4H3. The van der Waals surface area contributed by atoms with Crippen LogP contribution in [0.15, 0.2) is 24.3 Å². The van der Waals surface area contributed by atoms with Crippen molar-refractivity contribution >= 4 is 0 Å². The molecule has 3 nitrogen and oxygen atoms in total. The van der Waals surface area contributed by atoms with Crippen LogP contribution in [-0.2, 0) is 6.18 Å². The van der Waals surface area contributed by atoms with E-state index in [2.05, 4.69) is 31.7 Å². The molecule has 0 bridgehead atoms. The van der Waals surface area contributed by atoms with Gasteiger partial charge in [0.05, 0.1) is 11.6 Å². The SMILES string of the molecule is CC1(Oc2ccc(C(F)(F)F)cc2)CN(C2CCC(CC#N)(C(C)(C)C)CC2)C1. The molecule has 1 heterocycles. The summed E-state index contributed by atoms with van der Waals surface area (Å²) in [5, 5.41) is 9.31. The molecule has 0 amide bonds. The number of hydrogen-bond donors (Lipinski definition) is 0. The molecule has 0 atom stereocenters. The van der Waals surface area contributed by atoms with Gasteiger partial charge in [0.15, 0.2) is 0 Å². The molecule has 0 N–H and O–H groups in total. The monoisotopic (exact) mass is 408 g/mol. The molecule has 1 aliphatic heterocycles. The molecule has 1 aromatic carbocycles. The molecule has 3 rings (SSSR count). The molecule has 2 aliphatic rings. The number of benzene rings is 1. The van der Waals surface area contributed by atoms with Gasteiger partial charge in [-0.25, -0.2) is 0 Å². The number of likely N-dealkylation sites (tertiary alicyclic amines) is 1. The topological polar surface area (TPSA) is 36.3 Å². The quantitative estimate of drug-likeness (QED) is 0.609. The number of nitrogens with zero attached hydrogens (tertiary/aromatic N) is 2. The Balaban J connectivity index is 1.54. The fourth-order valence-electron chi connectivity index (χ4n) is 5.00. The molecule has 1 aromatic rings. The lowest BCUT2D eigenvalue weighted by Gasteiger charge is -2.55. The Morgan fingerprint density at radius 3 is 2.10 bits per heavy atom. The van der Waals surface area contributed by atoms with Crippen LogP contribution in [0, 0.1) is 22.2 Å². The molecule has 1 saturated heterocycles. The van der Waals surface area contributed by atoms with Crippen LogP contribution < -0.4 is 4.74 Å². The summed E-state index contributed by atoms with van der Waals surface area (Å²) < 4.78 is 44.1. The molecular weight excluding hydrogens is 377 g/mol. The van der Waals surface area contributed by atoms with Crippen molar-refractivity contribution in [3.8, 4) is 11.8 Å². The lowest BCUT2D eigenvalue weighted by atomic mass is 9.57. The maximum atomic E-state index is 12.7. The van der Waals surface area contributed by atoms with Crippen LogP contribution in [0.25, 0.3) is 0 Å². The molecule has 0 radical (unpaired) electrons. The smallest absolute Gasteiger partial charge is 0.416 e. The molecule has 29 heavy (non-hydrogen) atoms. The van der Waals surface area contributed by atoms with Gasteiger partial charge in [0.25, 0.3) is 0 Å². The number of rotatable bonds is 4. The van der Waals surface area contributed by atoms with Gasteiger partial charge in [-0.05, 0) is 67.7 Å². The van der Waals surface area contributed by atoms with Crippen molar-refractivity contribution in [3.63, 3.8) is 0 Å². The number of ether oxygens (including phenoxy) is 1. The highest BCUT2D eigenvalue weighted by Gasteiger charge is 2.49. The number of alkyl halides is 3. The summed E-state index contributed by atoms with van der Waals surface area (Å²) in [7, 11) is 0. The normalized spacial score (nSPS) is 27.7. The molecule has 160 valence electrons. The van der Waals surface area contributed by atoms with Crippen molar-refractivity contribution in [3.05, 3.63) is 29.8 Å². The third-order valence-electron chi connectivity index (χ3n) is 7.06. The first-order chi connectivity index (χ1) is 13.4. The van der Waals surface area contributed by atoms with Gasteiger partial charge in [-0.3, -0.25) is 4.90 Å². The number of nitriles is 1. The van der Waals surface area contributed by atoms with E-state index < -0.39 is 11.7 Å². The van der Waals surface area contributed by atoms with Crippen LogP contribution in [0.4, 0.5) is 13.2 Å². The zero-order valence-corrected chi connectivity index (χ0v) is 17.8. The van der Waals surface area contributed by atoms with Crippen molar-refractivity contribution in [2.45, 2.75) is 77.6 Å². The fraction of sp³-hybridized carbons (Fsp3) is 0.696. The average Bonchev–Trinajstić information content (AvgIpc) is 2.59. The lowest BCUT2D eigenvalue weighted by molar-refractivity contribution is -0.137. The minimum Gasteiger partial charge on any atom is -0.485 e. The summed E-state index contributed by atoms with van der Waals surface area (Å²) in [5.74, 6) is 0.476. The molecule has 1 saturated carbocycles. The average molecular weight is 409 g/mol. The van der Waals surface area contributed by atoms with Crippen molar-refractivity contribution in [1.82, 2.24) is 4.90 Å². The van der Waals surface area contributed by atoms with Crippen molar-refractivity contribution < 1.29 is 17.9 Å². The van der Waals surface area contributed by atoms with Gasteiger partial charge in [0.1, 0.15) is 11.4 Å². The van der Waals surface area contributed by atoms with Crippen molar-refractivity contribution in [2.24, 2.45) is 10.8 Å². The maximum Gasteiger partial charge on any atom is 0.416 e. The van der Waals surface area contributed by atoms with Crippen LogP contribution in [0.1, 0.15) is 65.4 Å². The van der Waals surface area contributed by atoms with Gasteiger partial charge < -0.3 is 4.74 Å². The zero-order chi connectivity index (χ0) is 21.5. The van der Waals surface area contributed by atoms with Gasteiger partial charge in [-0.1, -0.05) is 20.8 Å². The predicted molar refractivity (Wildman–Crippen MR) is 106 cm³/mol. The van der Waals surface area contributed by atoms with Gasteiger partial charge in [0.2, 0.25) is 0 Å². The largest absolute Gasteiger partial charge is 0.485 e. The zero-order valence-electron chi connectivity index (χ0n) is 17.8. The Morgan fingerprint density at radius 2 is 1.66 bits per heavy atom. The third-order valence-corrected chi connectivity index (χ3v) is 7.06. The van der Waals surface area contributed by atoms with Crippen LogP contribution in [0.3, 0.4) is 0 Å². The Morgan fingerprint density at radius 1 is 1.10 bits per heavy atom. The second-order valence-electron chi connectivity index (χ2n) is 10.1. The van der Waals surface area contributed by atoms with E-state index in [0.29, 0.717) is 18.2 Å². The molecule has 2 fully saturated rings. The first-order valence-corrected chi connectivity index (χ1v) is 10.3. The fourth-order valence-corrected chi connectivity index (χ4v) is 5.00. The van der Waals surface area contributed by atoms with E-state index in [9.17, 15) is 18.4 Å². The second-order valence-corrected chi connectivity index (χ2v) is 10.1. The van der Waals surface area contributed by atoms with Gasteiger partial charge >= 0.3 is 6.18 Å². The van der Waals surface area contributed by atoms with Crippen LogP contribution in [0.2, 0.25) is 0 Å². The summed E-state index contributed by atoms with van der Waals surface area (Å²) in [4.78, 5) is 2.42. The van der Waals surface area contributed by atoms with E-state index in [1.165, 1.54) is 12.1 Å². The summed E-state index contributed by atoms with van der Waals surface area (Å²) in [6.07, 6.45) is 0.552. The summed E-state index contributed by atoms with van der Waals surface area (Å²) in [5.41, 5.74) is -0.830. The predicted octanol–water partition coefficient (Wildman–Crippen LogP) is 6.05.